The van der Waals surface area contributed by atoms with Gasteiger partial charge in [0.1, 0.15) is 6.04 Å². The van der Waals surface area contributed by atoms with Crippen LogP contribution < -0.4 is 5.32 Å². The van der Waals surface area contributed by atoms with E-state index in [0.29, 0.717) is 6.54 Å². The second-order valence-corrected chi connectivity index (χ2v) is 4.17. The molecule has 3 atom stereocenters. The number of hydrogen-bond acceptors (Lipinski definition) is 4. The fraction of sp³-hybridized carbons (Fsp3) is 0.800. The van der Waals surface area contributed by atoms with Crippen LogP contribution in [0.5, 0.6) is 0 Å². The van der Waals surface area contributed by atoms with Gasteiger partial charge in [-0.2, -0.15) is 0 Å². The van der Waals surface area contributed by atoms with Crippen molar-refractivity contribution in [3.63, 3.8) is 0 Å². The van der Waals surface area contributed by atoms with Crippen LogP contribution in [0.3, 0.4) is 0 Å². The standard InChI is InChI=1S/C10H18N2O5/c1-6-3-12(4-8(5-13)17-6)10(16)11-7(2)9(14)15/h6-8,13H,3-5H2,1-2H3,(H,11,16)(H,14,15)/t6?,7-,8?/m1/s1. The number of carboxylic acid groups (broad SMARTS) is 1. The van der Waals surface area contributed by atoms with E-state index in [2.05, 4.69) is 5.32 Å². The zero-order chi connectivity index (χ0) is 13.0. The van der Waals surface area contributed by atoms with Gasteiger partial charge in [-0.05, 0) is 13.8 Å². The summed E-state index contributed by atoms with van der Waals surface area (Å²) in [7, 11) is 0. The minimum atomic E-state index is -1.08. The van der Waals surface area contributed by atoms with Crippen molar-refractivity contribution in [1.29, 1.82) is 0 Å². The average molecular weight is 246 g/mol. The molecule has 1 rings (SSSR count). The zero-order valence-electron chi connectivity index (χ0n) is 9.92. The first-order valence-electron chi connectivity index (χ1n) is 5.48. The minimum Gasteiger partial charge on any atom is -0.480 e. The number of hydrogen-bond donors (Lipinski definition) is 3. The minimum absolute atomic E-state index is 0.164. The number of amides is 2. The van der Waals surface area contributed by atoms with Gasteiger partial charge >= 0.3 is 12.0 Å². The lowest BCUT2D eigenvalue weighted by Gasteiger charge is -2.36. The monoisotopic (exact) mass is 246 g/mol. The third-order valence-electron chi connectivity index (χ3n) is 2.53. The number of nitrogens with one attached hydrogen (secondary N) is 1. The molecule has 7 nitrogen and oxygen atoms in total. The van der Waals surface area contributed by atoms with E-state index in [1.165, 1.54) is 11.8 Å². The summed E-state index contributed by atoms with van der Waals surface area (Å²) in [5.74, 6) is -1.08. The van der Waals surface area contributed by atoms with Crippen molar-refractivity contribution in [2.24, 2.45) is 0 Å². The molecule has 0 saturated carbocycles. The number of aliphatic carboxylic acids is 1. The molecule has 1 aliphatic rings. The highest BCUT2D eigenvalue weighted by Crippen LogP contribution is 2.10. The van der Waals surface area contributed by atoms with Crippen molar-refractivity contribution in [3.05, 3.63) is 0 Å². The molecule has 0 radical (unpaired) electrons. The highest BCUT2D eigenvalue weighted by atomic mass is 16.5. The number of urea groups is 1. The highest BCUT2D eigenvalue weighted by Gasteiger charge is 2.29. The summed E-state index contributed by atoms with van der Waals surface area (Å²) in [6, 6.07) is -1.39. The molecule has 2 unspecified atom stereocenters. The fourth-order valence-electron chi connectivity index (χ4n) is 1.65. The molecule has 1 aliphatic heterocycles. The van der Waals surface area contributed by atoms with Crippen LogP contribution in [0.15, 0.2) is 0 Å². The van der Waals surface area contributed by atoms with Crippen LogP contribution in [0.1, 0.15) is 13.8 Å². The lowest BCUT2D eigenvalue weighted by molar-refractivity contribution is -0.138. The molecule has 0 bridgehead atoms. The van der Waals surface area contributed by atoms with Gasteiger partial charge in [-0.25, -0.2) is 4.79 Å². The van der Waals surface area contributed by atoms with Crippen molar-refractivity contribution >= 4 is 12.0 Å². The summed E-state index contributed by atoms with van der Waals surface area (Å²) >= 11 is 0. The van der Waals surface area contributed by atoms with Gasteiger partial charge in [0.2, 0.25) is 0 Å². The largest absolute Gasteiger partial charge is 0.480 e. The molecule has 17 heavy (non-hydrogen) atoms. The zero-order valence-corrected chi connectivity index (χ0v) is 9.92. The molecule has 0 aromatic rings. The third-order valence-corrected chi connectivity index (χ3v) is 2.53. The fourth-order valence-corrected chi connectivity index (χ4v) is 1.65. The van der Waals surface area contributed by atoms with E-state index in [1.54, 1.807) is 6.92 Å². The Morgan fingerprint density at radius 1 is 1.53 bits per heavy atom. The molecule has 0 spiro atoms. The van der Waals surface area contributed by atoms with Crippen molar-refractivity contribution in [2.45, 2.75) is 32.1 Å². The first-order valence-corrected chi connectivity index (χ1v) is 5.48. The number of carboxylic acids is 1. The van der Waals surface area contributed by atoms with E-state index in [1.807, 2.05) is 0 Å². The molecule has 1 fully saturated rings. The molecule has 0 aromatic heterocycles. The molecule has 7 heteroatoms. The van der Waals surface area contributed by atoms with E-state index >= 15 is 0 Å². The Hall–Kier alpha value is -1.34. The van der Waals surface area contributed by atoms with Crippen LogP contribution in [-0.2, 0) is 9.53 Å². The van der Waals surface area contributed by atoms with E-state index in [0.717, 1.165) is 0 Å². The van der Waals surface area contributed by atoms with Gasteiger partial charge in [0.15, 0.2) is 0 Å². The number of morpholine rings is 1. The number of ether oxygens (including phenoxy) is 1. The smallest absolute Gasteiger partial charge is 0.325 e. The Morgan fingerprint density at radius 3 is 2.71 bits per heavy atom. The molecule has 0 aliphatic carbocycles. The Labute approximate surface area is 99.4 Å². The normalized spacial score (nSPS) is 26.4. The lowest BCUT2D eigenvalue weighted by atomic mass is 10.2. The van der Waals surface area contributed by atoms with Gasteiger partial charge in [0, 0.05) is 6.54 Å². The van der Waals surface area contributed by atoms with E-state index in [9.17, 15) is 9.59 Å². The molecule has 1 saturated heterocycles. The van der Waals surface area contributed by atoms with Gasteiger partial charge in [-0.3, -0.25) is 4.79 Å². The average Bonchev–Trinajstić information content (AvgIpc) is 2.27. The van der Waals surface area contributed by atoms with Crippen LogP contribution in [0.4, 0.5) is 4.79 Å². The summed E-state index contributed by atoms with van der Waals surface area (Å²) in [5.41, 5.74) is 0. The predicted molar refractivity (Wildman–Crippen MR) is 58.6 cm³/mol. The molecule has 1 heterocycles. The molecule has 98 valence electrons. The SMILES string of the molecule is CC1CN(C(=O)N[C@H](C)C(=O)O)CC(CO)O1. The van der Waals surface area contributed by atoms with Crippen LogP contribution in [0.25, 0.3) is 0 Å². The number of rotatable bonds is 3. The lowest BCUT2D eigenvalue weighted by Crippen LogP contribution is -2.55. The van der Waals surface area contributed by atoms with Gasteiger partial charge in [-0.15, -0.1) is 0 Å². The summed E-state index contributed by atoms with van der Waals surface area (Å²) in [5, 5.41) is 20.0. The summed E-state index contributed by atoms with van der Waals surface area (Å²) < 4.78 is 5.38. The molecule has 2 amide bonds. The maximum absolute atomic E-state index is 11.7. The number of carbonyl (C=O) groups excluding carboxylic acids is 1. The van der Waals surface area contributed by atoms with Crippen molar-refractivity contribution in [1.82, 2.24) is 10.2 Å². The highest BCUT2D eigenvalue weighted by molar-refractivity contribution is 5.82. The Balaban J connectivity index is 2.53. The Bertz CT molecular complexity index is 296. The molecule has 0 aromatic carbocycles. The summed E-state index contributed by atoms with van der Waals surface area (Å²) in [4.78, 5) is 23.8. The van der Waals surface area contributed by atoms with Crippen molar-refractivity contribution in [3.8, 4) is 0 Å². The first kappa shape index (κ1) is 13.7. The number of aliphatic hydroxyl groups is 1. The maximum Gasteiger partial charge on any atom is 0.325 e. The third kappa shape index (κ3) is 3.86. The molecule has 3 N–H and O–H groups in total. The molecular weight excluding hydrogens is 228 g/mol. The van der Waals surface area contributed by atoms with Crippen molar-refractivity contribution in [2.75, 3.05) is 19.7 Å². The second kappa shape index (κ2) is 5.83. The quantitative estimate of drug-likeness (QED) is 0.608. The van der Waals surface area contributed by atoms with Gasteiger partial charge in [0.05, 0.1) is 25.4 Å². The van der Waals surface area contributed by atoms with Gasteiger partial charge in [0.25, 0.3) is 0 Å². The van der Waals surface area contributed by atoms with E-state index in [-0.39, 0.29) is 19.3 Å². The Kier molecular flexibility index (Phi) is 4.71. The van der Waals surface area contributed by atoms with Crippen LogP contribution in [0, 0.1) is 0 Å². The first-order chi connectivity index (χ1) is 7.93. The van der Waals surface area contributed by atoms with Crippen molar-refractivity contribution < 1.29 is 24.5 Å². The van der Waals surface area contributed by atoms with E-state index < -0.39 is 24.1 Å². The topological polar surface area (TPSA) is 99.1 Å². The number of aliphatic hydroxyl groups excluding tert-OH is 1. The predicted octanol–water partition coefficient (Wildman–Crippen LogP) is -0.749. The van der Waals surface area contributed by atoms with Gasteiger partial charge in [-0.1, -0.05) is 0 Å². The van der Waals surface area contributed by atoms with E-state index in [4.69, 9.17) is 14.9 Å². The van der Waals surface area contributed by atoms with Crippen LogP contribution in [-0.4, -0.2) is 65.1 Å². The number of nitrogens with zero attached hydrogens (tertiary/aromatic N) is 1. The second-order valence-electron chi connectivity index (χ2n) is 4.17. The van der Waals surface area contributed by atoms with Crippen LogP contribution in [0.2, 0.25) is 0 Å². The Morgan fingerprint density at radius 2 is 2.18 bits per heavy atom. The number of carbonyl (C=O) groups is 2. The molecular formula is C10H18N2O5. The maximum atomic E-state index is 11.7. The van der Waals surface area contributed by atoms with Gasteiger partial charge < -0.3 is 25.2 Å². The van der Waals surface area contributed by atoms with Crippen LogP contribution >= 0.6 is 0 Å². The summed E-state index contributed by atoms with van der Waals surface area (Å²) in [6.45, 7) is 3.67. The summed E-state index contributed by atoms with van der Waals surface area (Å²) in [6.07, 6.45) is -0.587.